The van der Waals surface area contributed by atoms with Crippen LogP contribution in [0.5, 0.6) is 11.5 Å². The van der Waals surface area contributed by atoms with Gasteiger partial charge in [0.05, 0.1) is 25.5 Å². The molecule has 11 heteroatoms. The maximum absolute atomic E-state index is 13.8. The number of hydrogen-bond acceptors (Lipinski definition) is 7. The molecule has 0 spiro atoms. The van der Waals surface area contributed by atoms with E-state index in [4.69, 9.17) is 27.9 Å². The summed E-state index contributed by atoms with van der Waals surface area (Å²) >= 11 is 15.7. The van der Waals surface area contributed by atoms with Crippen LogP contribution in [0.4, 0.5) is 0 Å². The second kappa shape index (κ2) is 8.56. The Bertz CT molecular complexity index is 1430. The third-order valence-corrected chi connectivity index (χ3v) is 10.8. The molecule has 1 saturated carbocycles. The van der Waals surface area contributed by atoms with Gasteiger partial charge in [0.2, 0.25) is 11.8 Å². The Kier molecular flexibility index (Phi) is 5.72. The lowest BCUT2D eigenvalue weighted by Gasteiger charge is -2.50. The summed E-state index contributed by atoms with van der Waals surface area (Å²) in [7, 11) is 2.79. The zero-order valence-electron chi connectivity index (χ0n) is 20.5. The predicted octanol–water partition coefficient (Wildman–Crippen LogP) is 3.65. The molecular formula is C27H24Cl2N2O6S. The number of likely N-dealkylation sites (tertiary alicyclic amines) is 2. The lowest BCUT2D eigenvalue weighted by molar-refractivity contribution is -0.141. The Balaban J connectivity index is 1.50. The molecule has 3 fully saturated rings. The van der Waals surface area contributed by atoms with E-state index >= 15 is 0 Å². The second-order valence-corrected chi connectivity index (χ2v) is 12.5. The average Bonchev–Trinajstić information content (AvgIpc) is 3.54. The number of imide groups is 2. The average molecular weight is 575 g/mol. The van der Waals surface area contributed by atoms with Gasteiger partial charge in [-0.05, 0) is 36.3 Å². The number of nitrogens with zero attached hydrogens (tertiary/aromatic N) is 2. The molecule has 38 heavy (non-hydrogen) atoms. The fourth-order valence-corrected chi connectivity index (χ4v) is 8.47. The number of thiophene rings is 1. The molecule has 8 nitrogen and oxygen atoms in total. The zero-order chi connectivity index (χ0) is 27.1. The van der Waals surface area contributed by atoms with E-state index in [1.807, 2.05) is 23.6 Å². The maximum atomic E-state index is 13.8. The fourth-order valence-electron chi connectivity index (χ4n) is 6.76. The number of phenolic OH excluding ortho intramolecular Hbond substituents is 1. The van der Waals surface area contributed by atoms with E-state index in [9.17, 15) is 24.3 Å². The van der Waals surface area contributed by atoms with Crippen LogP contribution in [-0.4, -0.2) is 62.4 Å². The highest BCUT2D eigenvalue weighted by Gasteiger charge is 2.76. The van der Waals surface area contributed by atoms with Crippen molar-refractivity contribution in [1.82, 2.24) is 9.80 Å². The van der Waals surface area contributed by atoms with Crippen molar-refractivity contribution < 1.29 is 29.0 Å². The molecule has 1 N–H and O–H groups in total. The van der Waals surface area contributed by atoms with Crippen molar-refractivity contribution in [3.63, 3.8) is 0 Å². The summed E-state index contributed by atoms with van der Waals surface area (Å²) in [6, 6.07) is 8.35. The summed E-state index contributed by atoms with van der Waals surface area (Å²) in [5.74, 6) is -4.70. The third-order valence-electron chi connectivity index (χ3n) is 8.55. The molecule has 2 saturated heterocycles. The van der Waals surface area contributed by atoms with E-state index in [1.165, 1.54) is 36.5 Å². The van der Waals surface area contributed by atoms with Crippen molar-refractivity contribution in [2.75, 3.05) is 14.2 Å². The number of aromatic hydroxyl groups is 1. The number of amides is 4. The van der Waals surface area contributed by atoms with Gasteiger partial charge >= 0.3 is 0 Å². The fraction of sp³-hybridized carbons (Fsp3) is 0.407. The standard InChI is InChI=1S/C27H24Cl2N2O6S/c1-30-24(35)26(28)11-18-15(21(27(26,29)25(30)36)16-6-5-13(37-2)10-19(16)32)7-8-17-20(18)23(34)31(22(17)33)12-14-4-3-9-38-14/h3-7,9-10,17-18,20-21,32H,8,11-12H2,1-2H3. The molecule has 4 aliphatic rings. The topological polar surface area (TPSA) is 104 Å². The first-order valence-electron chi connectivity index (χ1n) is 12.2. The molecule has 198 valence electrons. The number of ether oxygens (including phenoxy) is 1. The normalized spacial score (nSPS) is 34.3. The highest BCUT2D eigenvalue weighted by molar-refractivity contribution is 7.09. The van der Waals surface area contributed by atoms with Crippen LogP contribution < -0.4 is 4.74 Å². The molecule has 0 radical (unpaired) electrons. The Morgan fingerprint density at radius 3 is 2.53 bits per heavy atom. The van der Waals surface area contributed by atoms with E-state index in [1.54, 1.807) is 12.1 Å². The van der Waals surface area contributed by atoms with Gasteiger partial charge in [-0.25, -0.2) is 0 Å². The number of methoxy groups -OCH3 is 1. The van der Waals surface area contributed by atoms with Gasteiger partial charge in [-0.3, -0.25) is 29.0 Å². The highest BCUT2D eigenvalue weighted by atomic mass is 35.5. The summed E-state index contributed by atoms with van der Waals surface area (Å²) in [6.45, 7) is 0.179. The number of alkyl halides is 2. The van der Waals surface area contributed by atoms with Crippen molar-refractivity contribution in [3.8, 4) is 11.5 Å². The number of halogens is 2. The van der Waals surface area contributed by atoms with Crippen LogP contribution in [0, 0.1) is 17.8 Å². The summed E-state index contributed by atoms with van der Waals surface area (Å²) in [5, 5.41) is 12.9. The van der Waals surface area contributed by atoms with Gasteiger partial charge in [-0.2, -0.15) is 0 Å². The molecule has 3 heterocycles. The molecular weight excluding hydrogens is 551 g/mol. The van der Waals surface area contributed by atoms with Gasteiger partial charge < -0.3 is 9.84 Å². The Labute approximate surface area is 232 Å². The number of phenols is 1. The van der Waals surface area contributed by atoms with E-state index < -0.39 is 45.2 Å². The van der Waals surface area contributed by atoms with Crippen LogP contribution in [0.2, 0.25) is 0 Å². The van der Waals surface area contributed by atoms with Crippen molar-refractivity contribution in [1.29, 1.82) is 0 Å². The van der Waals surface area contributed by atoms with Gasteiger partial charge in [0.1, 0.15) is 11.5 Å². The summed E-state index contributed by atoms with van der Waals surface area (Å²) in [5.41, 5.74) is 0.928. The minimum absolute atomic E-state index is 0.0841. The minimum atomic E-state index is -1.94. The van der Waals surface area contributed by atoms with Crippen molar-refractivity contribution in [2.24, 2.45) is 17.8 Å². The van der Waals surface area contributed by atoms with E-state index in [0.717, 1.165) is 9.78 Å². The van der Waals surface area contributed by atoms with Crippen molar-refractivity contribution in [2.45, 2.75) is 35.1 Å². The van der Waals surface area contributed by atoms with E-state index in [2.05, 4.69) is 0 Å². The van der Waals surface area contributed by atoms with Gasteiger partial charge in [-0.15, -0.1) is 34.5 Å². The first kappa shape index (κ1) is 25.4. The number of allylic oxidation sites excluding steroid dienone is 2. The van der Waals surface area contributed by atoms with Gasteiger partial charge in [0.15, 0.2) is 9.75 Å². The van der Waals surface area contributed by atoms with Crippen LogP contribution in [0.3, 0.4) is 0 Å². The van der Waals surface area contributed by atoms with Gasteiger partial charge in [-0.1, -0.05) is 23.8 Å². The van der Waals surface area contributed by atoms with E-state index in [0.29, 0.717) is 16.9 Å². The monoisotopic (exact) mass is 574 g/mol. The maximum Gasteiger partial charge on any atom is 0.253 e. The molecule has 6 atom stereocenters. The molecule has 2 aromatic rings. The summed E-state index contributed by atoms with van der Waals surface area (Å²) < 4.78 is 5.22. The van der Waals surface area contributed by atoms with Gasteiger partial charge in [0, 0.05) is 29.5 Å². The van der Waals surface area contributed by atoms with Crippen LogP contribution in [0.1, 0.15) is 29.2 Å². The molecule has 2 aliphatic carbocycles. The van der Waals surface area contributed by atoms with Crippen LogP contribution in [0.25, 0.3) is 0 Å². The summed E-state index contributed by atoms with van der Waals surface area (Å²) in [6.07, 6.45) is 2.03. The minimum Gasteiger partial charge on any atom is -0.508 e. The number of carbonyl (C=O) groups excluding carboxylic acids is 4. The molecule has 6 unspecified atom stereocenters. The Morgan fingerprint density at radius 1 is 1.11 bits per heavy atom. The smallest absolute Gasteiger partial charge is 0.253 e. The zero-order valence-corrected chi connectivity index (χ0v) is 22.8. The number of benzene rings is 1. The van der Waals surface area contributed by atoms with Crippen molar-refractivity contribution in [3.05, 3.63) is 57.8 Å². The summed E-state index contributed by atoms with van der Waals surface area (Å²) in [4.78, 5) is 53.5. The number of hydrogen-bond donors (Lipinski definition) is 1. The van der Waals surface area contributed by atoms with Crippen LogP contribution in [-0.2, 0) is 25.7 Å². The second-order valence-electron chi connectivity index (χ2n) is 10.3. The first-order valence-corrected chi connectivity index (χ1v) is 13.8. The number of fused-ring (bicyclic) bond motifs is 4. The molecule has 2 aliphatic heterocycles. The lowest BCUT2D eigenvalue weighted by atomic mass is 9.56. The molecule has 0 bridgehead atoms. The predicted molar refractivity (Wildman–Crippen MR) is 140 cm³/mol. The lowest BCUT2D eigenvalue weighted by Crippen LogP contribution is -2.60. The van der Waals surface area contributed by atoms with Gasteiger partial charge in [0.25, 0.3) is 11.8 Å². The Morgan fingerprint density at radius 2 is 1.87 bits per heavy atom. The Hall–Kier alpha value is -2.88. The van der Waals surface area contributed by atoms with Crippen LogP contribution >= 0.6 is 34.5 Å². The third kappa shape index (κ3) is 3.15. The SMILES string of the molecule is COc1ccc(C2C3=CCC4C(=O)N(Cc5cccs5)C(=O)C4C3CC3(Cl)C(=O)N(C)C(=O)C23Cl)c(O)c1. The largest absolute Gasteiger partial charge is 0.508 e. The quantitative estimate of drug-likeness (QED) is 0.339. The van der Waals surface area contributed by atoms with E-state index in [-0.39, 0.29) is 37.0 Å². The molecule has 1 aromatic carbocycles. The number of rotatable bonds is 4. The first-order chi connectivity index (χ1) is 18.0. The van der Waals surface area contributed by atoms with Crippen LogP contribution in [0.15, 0.2) is 47.4 Å². The molecule has 6 rings (SSSR count). The highest BCUT2D eigenvalue weighted by Crippen LogP contribution is 2.66. The molecule has 4 amide bonds. The van der Waals surface area contributed by atoms with Crippen molar-refractivity contribution >= 4 is 58.2 Å². The molecule has 1 aromatic heterocycles. The number of carbonyl (C=O) groups is 4.